The van der Waals surface area contributed by atoms with Gasteiger partial charge in [-0.05, 0) is 23.3 Å². The molecular formula is C19H22NO6P. The smallest absolute Gasteiger partial charge is 0.365 e. The second-order valence-corrected chi connectivity index (χ2v) is 7.72. The maximum atomic E-state index is 12.7. The van der Waals surface area contributed by atoms with Crippen LogP contribution in [0, 0.1) is 0 Å². The minimum Gasteiger partial charge on any atom is -0.497 e. The number of rotatable bonds is 9. The van der Waals surface area contributed by atoms with E-state index >= 15 is 0 Å². The molecule has 0 fully saturated rings. The molecule has 0 heterocycles. The molecule has 0 radical (unpaired) electrons. The number of nitrogens with zero attached hydrogens (tertiary/aromatic N) is 1. The van der Waals surface area contributed by atoms with Crippen LogP contribution in [-0.4, -0.2) is 39.3 Å². The molecule has 0 aliphatic rings. The summed E-state index contributed by atoms with van der Waals surface area (Å²) in [4.78, 5) is 16.6. The minimum absolute atomic E-state index is 0.00634. The van der Waals surface area contributed by atoms with E-state index in [9.17, 15) is 9.36 Å². The molecule has 144 valence electrons. The number of hydrogen-bond donors (Lipinski definition) is 0. The molecular weight excluding hydrogens is 369 g/mol. The fourth-order valence-corrected chi connectivity index (χ4v) is 3.30. The lowest BCUT2D eigenvalue weighted by molar-refractivity contribution is -0.144. The van der Waals surface area contributed by atoms with E-state index in [0.717, 1.165) is 11.1 Å². The first-order valence-corrected chi connectivity index (χ1v) is 9.72. The number of ether oxygens (including phenoxy) is 2. The van der Waals surface area contributed by atoms with E-state index in [1.165, 1.54) is 20.4 Å². The minimum atomic E-state index is -3.81. The molecule has 27 heavy (non-hydrogen) atoms. The van der Waals surface area contributed by atoms with Crippen molar-refractivity contribution in [2.75, 3.05) is 21.3 Å². The first-order valence-electron chi connectivity index (χ1n) is 8.11. The normalized spacial score (nSPS) is 12.7. The van der Waals surface area contributed by atoms with Crippen molar-refractivity contribution in [3.8, 4) is 5.75 Å². The Bertz CT molecular complexity index is 799. The van der Waals surface area contributed by atoms with Gasteiger partial charge in [0.15, 0.2) is 0 Å². The molecule has 2 rings (SSSR count). The van der Waals surface area contributed by atoms with Crippen molar-refractivity contribution in [1.29, 1.82) is 0 Å². The first-order chi connectivity index (χ1) is 13.0. The highest BCUT2D eigenvalue weighted by atomic mass is 31.2. The highest BCUT2D eigenvalue weighted by Gasteiger charge is 2.41. The summed E-state index contributed by atoms with van der Waals surface area (Å²) < 4.78 is 33.0. The Kier molecular flexibility index (Phi) is 7.73. The van der Waals surface area contributed by atoms with Gasteiger partial charge in [0.1, 0.15) is 12.4 Å². The molecule has 0 aliphatic heterocycles. The van der Waals surface area contributed by atoms with Crippen molar-refractivity contribution in [2.24, 2.45) is 4.99 Å². The molecule has 8 heteroatoms. The molecule has 1 atom stereocenters. The summed E-state index contributed by atoms with van der Waals surface area (Å²) in [6, 6.07) is 16.1. The molecule has 0 aromatic heterocycles. The molecule has 2 aromatic carbocycles. The average molecular weight is 391 g/mol. The highest BCUT2D eigenvalue weighted by molar-refractivity contribution is 7.55. The SMILES string of the molecule is COc1ccc(COC(=O)C(N=Cc2ccccc2)P(=O)(OC)OC)cc1. The second-order valence-electron chi connectivity index (χ2n) is 5.42. The van der Waals surface area contributed by atoms with Gasteiger partial charge < -0.3 is 18.5 Å². The Morgan fingerprint density at radius 2 is 1.67 bits per heavy atom. The molecule has 0 saturated heterocycles. The summed E-state index contributed by atoms with van der Waals surface area (Å²) in [5.74, 6) is -1.53. The monoisotopic (exact) mass is 391 g/mol. The Morgan fingerprint density at radius 1 is 1.04 bits per heavy atom. The third-order valence-corrected chi connectivity index (χ3v) is 5.68. The number of methoxy groups -OCH3 is 1. The van der Waals surface area contributed by atoms with E-state index in [-0.39, 0.29) is 6.61 Å². The number of esters is 1. The van der Waals surface area contributed by atoms with Crippen molar-refractivity contribution >= 4 is 19.8 Å². The van der Waals surface area contributed by atoms with Crippen molar-refractivity contribution in [3.63, 3.8) is 0 Å². The zero-order valence-corrected chi connectivity index (χ0v) is 16.3. The van der Waals surface area contributed by atoms with Crippen molar-refractivity contribution in [3.05, 3.63) is 65.7 Å². The van der Waals surface area contributed by atoms with Gasteiger partial charge in [0, 0.05) is 20.4 Å². The van der Waals surface area contributed by atoms with Crippen LogP contribution in [0.3, 0.4) is 0 Å². The number of carbonyl (C=O) groups is 1. The Labute approximate surface area is 158 Å². The van der Waals surface area contributed by atoms with Crippen LogP contribution in [0.5, 0.6) is 5.75 Å². The summed E-state index contributed by atoms with van der Waals surface area (Å²) in [7, 11) is 0.157. The lowest BCUT2D eigenvalue weighted by Gasteiger charge is -2.19. The van der Waals surface area contributed by atoms with E-state index in [4.69, 9.17) is 18.5 Å². The average Bonchev–Trinajstić information content (AvgIpc) is 2.73. The van der Waals surface area contributed by atoms with Crippen LogP contribution in [0.4, 0.5) is 0 Å². The zero-order valence-electron chi connectivity index (χ0n) is 15.4. The molecule has 0 spiro atoms. The molecule has 0 bridgehead atoms. The maximum absolute atomic E-state index is 12.7. The van der Waals surface area contributed by atoms with Gasteiger partial charge in [0.25, 0.3) is 0 Å². The fourth-order valence-electron chi connectivity index (χ4n) is 2.19. The van der Waals surface area contributed by atoms with Crippen LogP contribution in [0.25, 0.3) is 0 Å². The second kappa shape index (κ2) is 10.0. The van der Waals surface area contributed by atoms with E-state index < -0.39 is 19.3 Å². The largest absolute Gasteiger partial charge is 0.497 e. The van der Waals surface area contributed by atoms with Gasteiger partial charge in [-0.25, -0.2) is 4.79 Å². The summed E-state index contributed by atoms with van der Waals surface area (Å²) in [5.41, 5.74) is 1.49. The number of benzene rings is 2. The number of hydrogen-bond acceptors (Lipinski definition) is 7. The third kappa shape index (κ3) is 5.76. The quantitative estimate of drug-likeness (QED) is 0.368. The first kappa shape index (κ1) is 20.8. The molecule has 2 aromatic rings. The summed E-state index contributed by atoms with van der Waals surface area (Å²) in [5, 5.41) is 0. The number of carbonyl (C=O) groups excluding carboxylic acids is 1. The van der Waals surface area contributed by atoms with E-state index in [1.54, 1.807) is 43.5 Å². The van der Waals surface area contributed by atoms with Gasteiger partial charge >= 0.3 is 13.6 Å². The van der Waals surface area contributed by atoms with Crippen LogP contribution < -0.4 is 4.74 Å². The van der Waals surface area contributed by atoms with E-state index in [2.05, 4.69) is 4.99 Å². The molecule has 0 aliphatic carbocycles. The zero-order chi connectivity index (χ0) is 19.7. The van der Waals surface area contributed by atoms with Crippen LogP contribution >= 0.6 is 7.60 Å². The van der Waals surface area contributed by atoms with Gasteiger partial charge in [-0.3, -0.25) is 9.56 Å². The fraction of sp³-hybridized carbons (Fsp3) is 0.263. The maximum Gasteiger partial charge on any atom is 0.365 e. The van der Waals surface area contributed by atoms with Crippen molar-refractivity contribution in [1.82, 2.24) is 0 Å². The third-order valence-electron chi connectivity index (χ3n) is 3.72. The van der Waals surface area contributed by atoms with E-state index in [0.29, 0.717) is 5.75 Å². The summed E-state index contributed by atoms with van der Waals surface area (Å²) in [6.45, 7) is -0.00634. The lowest BCUT2D eigenvalue weighted by atomic mass is 10.2. The molecule has 0 amide bonds. The molecule has 0 N–H and O–H groups in total. The van der Waals surface area contributed by atoms with Crippen LogP contribution in [-0.2, 0) is 29.8 Å². The van der Waals surface area contributed by atoms with Crippen LogP contribution in [0.1, 0.15) is 11.1 Å². The van der Waals surface area contributed by atoms with Crippen LogP contribution in [0.15, 0.2) is 59.6 Å². The summed E-state index contributed by atoms with van der Waals surface area (Å²) in [6.07, 6.45) is 1.43. The predicted octanol–water partition coefficient (Wildman–Crippen LogP) is 3.67. The Balaban J connectivity index is 2.14. The Morgan fingerprint density at radius 3 is 2.22 bits per heavy atom. The van der Waals surface area contributed by atoms with Gasteiger partial charge in [0.2, 0.25) is 5.78 Å². The van der Waals surface area contributed by atoms with Gasteiger partial charge in [0.05, 0.1) is 7.11 Å². The van der Waals surface area contributed by atoms with E-state index in [1.807, 2.05) is 18.2 Å². The van der Waals surface area contributed by atoms with Crippen molar-refractivity contribution < 1.29 is 27.9 Å². The predicted molar refractivity (Wildman–Crippen MR) is 102 cm³/mol. The topological polar surface area (TPSA) is 83.4 Å². The summed E-state index contributed by atoms with van der Waals surface area (Å²) >= 11 is 0. The Hall–Kier alpha value is -2.47. The highest BCUT2D eigenvalue weighted by Crippen LogP contribution is 2.52. The van der Waals surface area contributed by atoms with Crippen molar-refractivity contribution in [2.45, 2.75) is 12.4 Å². The van der Waals surface area contributed by atoms with Gasteiger partial charge in [-0.15, -0.1) is 0 Å². The lowest BCUT2D eigenvalue weighted by Crippen LogP contribution is -2.23. The molecule has 7 nitrogen and oxygen atoms in total. The van der Waals surface area contributed by atoms with Gasteiger partial charge in [-0.2, -0.15) is 0 Å². The molecule has 0 saturated carbocycles. The molecule has 1 unspecified atom stereocenters. The van der Waals surface area contributed by atoms with Gasteiger partial charge in [-0.1, -0.05) is 42.5 Å². The standard InChI is InChI=1S/C19H22NO6P/c1-23-17-11-9-16(10-12-17)14-26-19(21)18(27(22,24-2)25-3)20-13-15-7-5-4-6-8-15/h4-13,18H,14H2,1-3H3. The van der Waals surface area contributed by atoms with Crippen LogP contribution in [0.2, 0.25) is 0 Å². The number of aliphatic imine (C=N–C) groups is 1.